The van der Waals surface area contributed by atoms with E-state index in [0.29, 0.717) is 0 Å². The molecule has 4 nitrogen and oxygen atoms in total. The Labute approximate surface area is 88.9 Å². The number of nitrogens with zero attached hydrogens (tertiary/aromatic N) is 4. The second-order valence-electron chi connectivity index (χ2n) is 3.68. The number of aryl methyl sites for hydroxylation is 1. The molecule has 2 aromatic heterocycles. The van der Waals surface area contributed by atoms with Crippen LogP contribution in [0, 0.1) is 0 Å². The van der Waals surface area contributed by atoms with Crippen LogP contribution in [0.5, 0.6) is 0 Å². The van der Waals surface area contributed by atoms with Crippen LogP contribution in [-0.2, 0) is 7.05 Å². The van der Waals surface area contributed by atoms with Crippen molar-refractivity contribution in [3.05, 3.63) is 30.9 Å². The minimum atomic E-state index is 0.888. The molecule has 2 rings (SSSR count). The molecule has 0 spiro atoms. The molecule has 2 aromatic rings. The Morgan fingerprint density at radius 3 is 2.87 bits per heavy atom. The largest absolute Gasteiger partial charge is 0.334 e. The van der Waals surface area contributed by atoms with Crippen LogP contribution in [0.1, 0.15) is 6.92 Å². The van der Waals surface area contributed by atoms with Crippen LogP contribution in [0.4, 0.5) is 5.82 Å². The fourth-order valence-corrected chi connectivity index (χ4v) is 1.40. The van der Waals surface area contributed by atoms with Gasteiger partial charge in [0.25, 0.3) is 0 Å². The van der Waals surface area contributed by atoms with Crippen molar-refractivity contribution in [2.75, 3.05) is 11.9 Å². The predicted octanol–water partition coefficient (Wildman–Crippen LogP) is 1.94. The molecule has 0 saturated carbocycles. The summed E-state index contributed by atoms with van der Waals surface area (Å²) in [6.07, 6.45) is 3.57. The van der Waals surface area contributed by atoms with E-state index in [4.69, 9.17) is 0 Å². The fraction of sp³-hybridized carbons (Fsp3) is 0.273. The van der Waals surface area contributed by atoms with E-state index in [9.17, 15) is 0 Å². The van der Waals surface area contributed by atoms with E-state index in [-0.39, 0.29) is 0 Å². The number of aromatic nitrogens is 3. The van der Waals surface area contributed by atoms with Crippen molar-refractivity contribution in [2.24, 2.45) is 7.05 Å². The van der Waals surface area contributed by atoms with Crippen molar-refractivity contribution in [3.63, 3.8) is 0 Å². The van der Waals surface area contributed by atoms with E-state index in [1.54, 1.807) is 12.5 Å². The summed E-state index contributed by atoms with van der Waals surface area (Å²) < 4.78 is 1.98. The molecule has 4 heteroatoms. The highest BCUT2D eigenvalue weighted by atomic mass is 15.2. The first-order valence-electron chi connectivity index (χ1n) is 4.76. The molecule has 0 aliphatic carbocycles. The van der Waals surface area contributed by atoms with Gasteiger partial charge in [0.15, 0.2) is 0 Å². The van der Waals surface area contributed by atoms with Gasteiger partial charge in [-0.15, -0.1) is 0 Å². The molecule has 0 radical (unpaired) electrons. The van der Waals surface area contributed by atoms with E-state index in [2.05, 4.69) is 16.5 Å². The van der Waals surface area contributed by atoms with Crippen LogP contribution >= 0.6 is 0 Å². The highest BCUT2D eigenvalue weighted by Crippen LogP contribution is 2.18. The summed E-state index contributed by atoms with van der Waals surface area (Å²) >= 11 is 0. The first-order valence-corrected chi connectivity index (χ1v) is 4.76. The number of allylic oxidation sites excluding steroid dienone is 1. The van der Waals surface area contributed by atoms with Crippen molar-refractivity contribution < 1.29 is 0 Å². The van der Waals surface area contributed by atoms with Crippen LogP contribution in [0.3, 0.4) is 0 Å². The zero-order chi connectivity index (χ0) is 11.0. The van der Waals surface area contributed by atoms with Crippen molar-refractivity contribution >= 4 is 16.9 Å². The first-order chi connectivity index (χ1) is 7.09. The van der Waals surface area contributed by atoms with Crippen LogP contribution in [0.2, 0.25) is 0 Å². The third-order valence-corrected chi connectivity index (χ3v) is 2.51. The third kappa shape index (κ3) is 1.58. The fourth-order valence-electron chi connectivity index (χ4n) is 1.40. The number of anilines is 1. The van der Waals surface area contributed by atoms with Gasteiger partial charge in [0, 0.05) is 25.9 Å². The molecule has 0 atom stereocenters. The molecule has 0 saturated heterocycles. The third-order valence-electron chi connectivity index (χ3n) is 2.51. The normalized spacial score (nSPS) is 10.6. The highest BCUT2D eigenvalue weighted by Gasteiger charge is 2.06. The Balaban J connectivity index is 2.54. The number of pyridine rings is 1. The van der Waals surface area contributed by atoms with Gasteiger partial charge in [-0.25, -0.2) is 9.97 Å². The Hall–Kier alpha value is -1.84. The number of hydrogen-bond acceptors (Lipinski definition) is 3. The summed E-state index contributed by atoms with van der Waals surface area (Å²) in [5.74, 6) is 0.888. The van der Waals surface area contributed by atoms with Crippen LogP contribution in [0.15, 0.2) is 30.9 Å². The van der Waals surface area contributed by atoms with Crippen molar-refractivity contribution in [1.82, 2.24) is 14.5 Å². The molecule has 0 aromatic carbocycles. The topological polar surface area (TPSA) is 34.0 Å². The highest BCUT2D eigenvalue weighted by molar-refractivity contribution is 5.77. The summed E-state index contributed by atoms with van der Waals surface area (Å²) in [6, 6.07) is 2.01. The first kappa shape index (κ1) is 9.71. The lowest BCUT2D eigenvalue weighted by Gasteiger charge is -2.17. The van der Waals surface area contributed by atoms with Gasteiger partial charge in [-0.3, -0.25) is 0 Å². The smallest absolute Gasteiger partial charge is 0.134 e. The minimum Gasteiger partial charge on any atom is -0.334 e. The molecule has 0 unspecified atom stereocenters. The van der Waals surface area contributed by atoms with Gasteiger partial charge in [0.1, 0.15) is 11.3 Å². The number of fused-ring (bicyclic) bond motifs is 1. The maximum Gasteiger partial charge on any atom is 0.134 e. The molecule has 0 N–H and O–H groups in total. The molecule has 0 aliphatic heterocycles. The molecule has 0 aliphatic rings. The van der Waals surface area contributed by atoms with Crippen LogP contribution in [0.25, 0.3) is 11.0 Å². The summed E-state index contributed by atoms with van der Waals surface area (Å²) in [6.45, 7) is 5.84. The molecular formula is C11H14N4. The van der Waals surface area contributed by atoms with Gasteiger partial charge in [-0.05, 0) is 6.92 Å². The van der Waals surface area contributed by atoms with Crippen LogP contribution < -0.4 is 4.90 Å². The number of imidazole rings is 1. The summed E-state index contributed by atoms with van der Waals surface area (Å²) in [5, 5.41) is 0. The molecule has 2 heterocycles. The van der Waals surface area contributed by atoms with Gasteiger partial charge in [0.05, 0.1) is 18.0 Å². The van der Waals surface area contributed by atoms with Crippen molar-refractivity contribution in [1.29, 1.82) is 0 Å². The Morgan fingerprint density at radius 1 is 1.47 bits per heavy atom. The SMILES string of the molecule is C=C(C)N(C)c1cc2c(cn1)ncn2C. The van der Waals surface area contributed by atoms with Gasteiger partial charge in [-0.1, -0.05) is 6.58 Å². The molecule has 0 bridgehead atoms. The Bertz CT molecular complexity index is 512. The molecule has 15 heavy (non-hydrogen) atoms. The maximum atomic E-state index is 4.33. The molecule has 0 amide bonds. The Kier molecular flexibility index (Phi) is 2.19. The molecular weight excluding hydrogens is 188 g/mol. The van der Waals surface area contributed by atoms with E-state index < -0.39 is 0 Å². The summed E-state index contributed by atoms with van der Waals surface area (Å²) in [5.41, 5.74) is 2.95. The zero-order valence-corrected chi connectivity index (χ0v) is 9.23. The lowest BCUT2D eigenvalue weighted by Crippen LogP contribution is -2.14. The maximum absolute atomic E-state index is 4.33. The average molecular weight is 202 g/mol. The Morgan fingerprint density at radius 2 is 2.20 bits per heavy atom. The second-order valence-corrected chi connectivity index (χ2v) is 3.68. The van der Waals surface area contributed by atoms with Crippen molar-refractivity contribution in [3.8, 4) is 0 Å². The van der Waals surface area contributed by atoms with E-state index in [0.717, 1.165) is 22.5 Å². The van der Waals surface area contributed by atoms with Crippen LogP contribution in [-0.4, -0.2) is 21.6 Å². The summed E-state index contributed by atoms with van der Waals surface area (Å²) in [4.78, 5) is 10.5. The quantitative estimate of drug-likeness (QED) is 0.746. The predicted molar refractivity (Wildman–Crippen MR) is 61.7 cm³/mol. The second kappa shape index (κ2) is 3.38. The lowest BCUT2D eigenvalue weighted by molar-refractivity contribution is 0.946. The number of hydrogen-bond donors (Lipinski definition) is 0. The van der Waals surface area contributed by atoms with Gasteiger partial charge in [-0.2, -0.15) is 0 Å². The van der Waals surface area contributed by atoms with E-state index in [1.807, 2.05) is 36.6 Å². The van der Waals surface area contributed by atoms with Gasteiger partial charge >= 0.3 is 0 Å². The lowest BCUT2D eigenvalue weighted by atomic mass is 10.3. The van der Waals surface area contributed by atoms with E-state index >= 15 is 0 Å². The summed E-state index contributed by atoms with van der Waals surface area (Å²) in [7, 11) is 3.92. The monoisotopic (exact) mass is 202 g/mol. The number of rotatable bonds is 2. The minimum absolute atomic E-state index is 0.888. The van der Waals surface area contributed by atoms with Gasteiger partial charge < -0.3 is 9.47 Å². The van der Waals surface area contributed by atoms with Crippen molar-refractivity contribution in [2.45, 2.75) is 6.92 Å². The molecule has 78 valence electrons. The average Bonchev–Trinajstić information content (AvgIpc) is 2.59. The molecule has 0 fully saturated rings. The standard InChI is InChI=1S/C11H14N4/c1-8(2)15(4)11-5-10-9(6-12-11)13-7-14(10)3/h5-7H,1H2,2-4H3. The zero-order valence-electron chi connectivity index (χ0n) is 9.23. The van der Waals surface area contributed by atoms with Gasteiger partial charge in [0.2, 0.25) is 0 Å². The van der Waals surface area contributed by atoms with E-state index in [1.165, 1.54) is 0 Å².